The van der Waals surface area contributed by atoms with E-state index in [1.165, 1.54) is 15.8 Å². The molecule has 3 heterocycles. The Bertz CT molecular complexity index is 3190. The van der Waals surface area contributed by atoms with Gasteiger partial charge < -0.3 is 9.32 Å². The van der Waals surface area contributed by atoms with Gasteiger partial charge >= 0.3 is 0 Å². The third-order valence-electron chi connectivity index (χ3n) is 10.5. The maximum Gasteiger partial charge on any atom is 0.161 e. The van der Waals surface area contributed by atoms with Crippen molar-refractivity contribution in [3.05, 3.63) is 188 Å². The second-order valence-corrected chi connectivity index (χ2v) is 14.8. The summed E-state index contributed by atoms with van der Waals surface area (Å²) in [7, 11) is 0. The van der Waals surface area contributed by atoms with Crippen molar-refractivity contribution in [1.29, 1.82) is 0 Å². The fraction of sp³-hybridized carbons (Fsp3) is 0. The number of para-hydroxylation sites is 1. The third kappa shape index (κ3) is 5.20. The summed E-state index contributed by atoms with van der Waals surface area (Å²) in [5.41, 5.74) is 11.1. The molecule has 0 N–H and O–H groups in total. The Morgan fingerprint density at radius 3 is 1.85 bits per heavy atom. The zero-order valence-corrected chi connectivity index (χ0v) is 30.4. The minimum atomic E-state index is 0.691. The minimum Gasteiger partial charge on any atom is -0.455 e. The Labute approximate surface area is 321 Å². The van der Waals surface area contributed by atoms with Crippen molar-refractivity contribution in [1.82, 2.24) is 9.97 Å². The average Bonchev–Trinajstić information content (AvgIpc) is 3.84. The van der Waals surface area contributed by atoms with Crippen LogP contribution < -0.4 is 4.90 Å². The molecule has 5 heteroatoms. The van der Waals surface area contributed by atoms with Gasteiger partial charge in [-0.1, -0.05) is 140 Å². The van der Waals surface area contributed by atoms with Crippen molar-refractivity contribution in [3.63, 3.8) is 0 Å². The van der Waals surface area contributed by atoms with Crippen LogP contribution in [0.5, 0.6) is 0 Å². The molecule has 0 aliphatic rings. The SMILES string of the molecule is c1ccc(-c2ccc(N(c3ccccc3)c3cccc4oc5c6ccccc6c(-c6nc(-c7ccccc7)c7sc8ccccc8c7n6)cc5c34)cc2)cc1. The van der Waals surface area contributed by atoms with Gasteiger partial charge in [0.15, 0.2) is 5.82 Å². The molecule has 0 fully saturated rings. The lowest BCUT2D eigenvalue weighted by atomic mass is 9.98. The maximum absolute atomic E-state index is 6.84. The van der Waals surface area contributed by atoms with E-state index in [9.17, 15) is 0 Å². The van der Waals surface area contributed by atoms with Gasteiger partial charge in [-0.3, -0.25) is 0 Å². The summed E-state index contributed by atoms with van der Waals surface area (Å²) < 4.78 is 9.13. The molecule has 8 aromatic carbocycles. The van der Waals surface area contributed by atoms with Gasteiger partial charge in [0.2, 0.25) is 0 Å². The lowest BCUT2D eigenvalue weighted by Gasteiger charge is -2.26. The summed E-state index contributed by atoms with van der Waals surface area (Å²) in [4.78, 5) is 13.1. The molecule has 0 unspecified atom stereocenters. The van der Waals surface area contributed by atoms with Crippen molar-refractivity contribution in [2.24, 2.45) is 0 Å². The molecule has 4 nitrogen and oxygen atoms in total. The van der Waals surface area contributed by atoms with E-state index in [0.717, 1.165) is 82.2 Å². The van der Waals surface area contributed by atoms with Gasteiger partial charge in [-0.2, -0.15) is 0 Å². The largest absolute Gasteiger partial charge is 0.455 e. The van der Waals surface area contributed by atoms with Crippen LogP contribution in [-0.4, -0.2) is 9.97 Å². The fourth-order valence-corrected chi connectivity index (χ4v) is 9.10. The standard InChI is InChI=1S/C50H31N3OS/c1-4-15-32(16-5-1)33-27-29-36(30-28-33)53(35-19-8-3-9-20-35)42-24-14-25-43-45(42)41-31-40(37-21-10-11-22-38(37)48(41)54-43)50-51-46(34-17-6-2-7-18-34)49-47(52-50)39-23-12-13-26-44(39)55-49/h1-31H. The number of anilines is 3. The Balaban J connectivity index is 1.18. The van der Waals surface area contributed by atoms with Crippen molar-refractivity contribution >= 4 is 81.4 Å². The smallest absolute Gasteiger partial charge is 0.161 e. The summed E-state index contributed by atoms with van der Waals surface area (Å²) in [6, 6.07) is 65.9. The molecular formula is C50H31N3OS. The molecule has 0 spiro atoms. The molecule has 0 atom stereocenters. The zero-order chi connectivity index (χ0) is 36.3. The van der Waals surface area contributed by atoms with Crippen molar-refractivity contribution in [2.45, 2.75) is 0 Å². The molecule has 0 saturated carbocycles. The predicted octanol–water partition coefficient (Wildman–Crippen LogP) is 14.4. The van der Waals surface area contributed by atoms with Crippen molar-refractivity contribution in [3.8, 4) is 33.8 Å². The number of rotatable bonds is 6. The first-order valence-electron chi connectivity index (χ1n) is 18.4. The topological polar surface area (TPSA) is 42.2 Å². The molecule has 0 radical (unpaired) electrons. The highest BCUT2D eigenvalue weighted by atomic mass is 32.1. The van der Waals surface area contributed by atoms with E-state index in [4.69, 9.17) is 14.4 Å². The number of nitrogens with zero attached hydrogens (tertiary/aromatic N) is 3. The van der Waals surface area contributed by atoms with Crippen LogP contribution in [0.1, 0.15) is 0 Å². The first-order valence-corrected chi connectivity index (χ1v) is 19.2. The normalized spacial score (nSPS) is 11.6. The van der Waals surface area contributed by atoms with Crippen LogP contribution >= 0.6 is 11.3 Å². The number of aromatic nitrogens is 2. The summed E-state index contributed by atoms with van der Waals surface area (Å²) >= 11 is 1.75. The number of hydrogen-bond donors (Lipinski definition) is 0. The Hall–Kier alpha value is -7.08. The summed E-state index contributed by atoms with van der Waals surface area (Å²) in [5, 5.41) is 5.26. The highest BCUT2D eigenvalue weighted by molar-refractivity contribution is 7.26. The lowest BCUT2D eigenvalue weighted by molar-refractivity contribution is 0.672. The first-order chi connectivity index (χ1) is 27.3. The summed E-state index contributed by atoms with van der Waals surface area (Å²) in [6.45, 7) is 0. The second kappa shape index (κ2) is 12.8. The van der Waals surface area contributed by atoms with Crippen molar-refractivity contribution < 1.29 is 4.42 Å². The maximum atomic E-state index is 6.84. The van der Waals surface area contributed by atoms with Crippen LogP contribution in [0, 0.1) is 0 Å². The number of fused-ring (bicyclic) bond motifs is 8. The van der Waals surface area contributed by atoms with Gasteiger partial charge in [0.05, 0.1) is 27.0 Å². The molecule has 3 aromatic heterocycles. The van der Waals surface area contributed by atoms with Crippen LogP contribution in [0.2, 0.25) is 0 Å². The molecule has 11 aromatic rings. The zero-order valence-electron chi connectivity index (χ0n) is 29.6. The minimum absolute atomic E-state index is 0.691. The molecule has 0 aliphatic carbocycles. The Kier molecular flexibility index (Phi) is 7.32. The first kappa shape index (κ1) is 31.4. The van der Waals surface area contributed by atoms with E-state index in [0.29, 0.717) is 5.82 Å². The molecule has 0 aliphatic heterocycles. The highest BCUT2D eigenvalue weighted by Gasteiger charge is 2.24. The number of hydrogen-bond acceptors (Lipinski definition) is 5. The average molecular weight is 722 g/mol. The summed E-state index contributed by atoms with van der Waals surface area (Å²) in [6.07, 6.45) is 0. The molecule has 55 heavy (non-hydrogen) atoms. The van der Waals surface area contributed by atoms with Crippen LogP contribution in [0.4, 0.5) is 17.1 Å². The molecule has 0 amide bonds. The lowest BCUT2D eigenvalue weighted by Crippen LogP contribution is -2.10. The quantitative estimate of drug-likeness (QED) is 0.171. The van der Waals surface area contributed by atoms with Crippen LogP contribution in [0.15, 0.2) is 192 Å². The van der Waals surface area contributed by atoms with Gasteiger partial charge in [-0.05, 0) is 65.0 Å². The molecule has 11 rings (SSSR count). The number of thiophene rings is 1. The second-order valence-electron chi connectivity index (χ2n) is 13.7. The predicted molar refractivity (Wildman–Crippen MR) is 231 cm³/mol. The molecule has 0 saturated heterocycles. The number of furan rings is 1. The van der Waals surface area contributed by atoms with E-state index in [-0.39, 0.29) is 0 Å². The Morgan fingerprint density at radius 1 is 0.473 bits per heavy atom. The Morgan fingerprint density at radius 2 is 1.09 bits per heavy atom. The molecule has 0 bridgehead atoms. The third-order valence-corrected chi connectivity index (χ3v) is 11.6. The molecule has 258 valence electrons. The molecular weight excluding hydrogens is 691 g/mol. The number of benzene rings is 8. The van der Waals surface area contributed by atoms with Crippen LogP contribution in [0.3, 0.4) is 0 Å². The van der Waals surface area contributed by atoms with Gasteiger partial charge in [0.25, 0.3) is 0 Å². The van der Waals surface area contributed by atoms with Crippen LogP contribution in [0.25, 0.3) is 86.8 Å². The fourth-order valence-electron chi connectivity index (χ4n) is 7.94. The van der Waals surface area contributed by atoms with Crippen LogP contribution in [-0.2, 0) is 0 Å². The van der Waals surface area contributed by atoms with E-state index >= 15 is 0 Å². The highest BCUT2D eigenvalue weighted by Crippen LogP contribution is 2.47. The van der Waals surface area contributed by atoms with Crippen molar-refractivity contribution in [2.75, 3.05) is 4.90 Å². The van der Waals surface area contributed by atoms with E-state index in [1.54, 1.807) is 11.3 Å². The van der Waals surface area contributed by atoms with Gasteiger partial charge in [-0.15, -0.1) is 11.3 Å². The van der Waals surface area contributed by atoms with E-state index in [1.807, 2.05) is 6.07 Å². The van der Waals surface area contributed by atoms with Gasteiger partial charge in [0, 0.05) is 43.4 Å². The van der Waals surface area contributed by atoms with E-state index in [2.05, 4.69) is 187 Å². The van der Waals surface area contributed by atoms with Gasteiger partial charge in [-0.25, -0.2) is 9.97 Å². The summed E-state index contributed by atoms with van der Waals surface area (Å²) in [5.74, 6) is 0.691. The van der Waals surface area contributed by atoms with E-state index < -0.39 is 0 Å². The monoisotopic (exact) mass is 721 g/mol. The van der Waals surface area contributed by atoms with Gasteiger partial charge in [0.1, 0.15) is 11.2 Å².